The van der Waals surface area contributed by atoms with Crippen molar-refractivity contribution in [1.29, 1.82) is 0 Å². The van der Waals surface area contributed by atoms with Gasteiger partial charge < -0.3 is 4.74 Å². The number of hydrogen-bond donors (Lipinski definition) is 0. The number of para-hydroxylation sites is 1. The third kappa shape index (κ3) is 2.41. The van der Waals surface area contributed by atoms with Crippen molar-refractivity contribution in [3.05, 3.63) is 64.4 Å². The summed E-state index contributed by atoms with van der Waals surface area (Å²) < 4.78 is 18.6. The van der Waals surface area contributed by atoms with Gasteiger partial charge >= 0.3 is 0 Å². The Labute approximate surface area is 121 Å². The smallest absolute Gasteiger partial charge is 0.148 e. The van der Waals surface area contributed by atoms with E-state index in [9.17, 15) is 9.18 Å². The molecule has 1 aliphatic heterocycles. The van der Waals surface area contributed by atoms with Crippen LogP contribution in [0.2, 0.25) is 5.02 Å². The van der Waals surface area contributed by atoms with Gasteiger partial charge in [-0.1, -0.05) is 35.9 Å². The number of ether oxygens (including phenoxy) is 1. The maximum atomic E-state index is 13.1. The number of rotatable bonds is 3. The summed E-state index contributed by atoms with van der Waals surface area (Å²) in [5.74, 6) is 0.0908. The van der Waals surface area contributed by atoms with Crippen molar-refractivity contribution < 1.29 is 13.9 Å². The van der Waals surface area contributed by atoms with Crippen molar-refractivity contribution in [2.75, 3.05) is 6.61 Å². The van der Waals surface area contributed by atoms with Gasteiger partial charge in [-0.15, -0.1) is 0 Å². The van der Waals surface area contributed by atoms with Gasteiger partial charge in [0.1, 0.15) is 24.0 Å². The Bertz CT molecular complexity index is 669. The van der Waals surface area contributed by atoms with Crippen LogP contribution in [0.3, 0.4) is 0 Å². The zero-order chi connectivity index (χ0) is 14.1. The van der Waals surface area contributed by atoms with Gasteiger partial charge in [0.05, 0.1) is 10.9 Å². The van der Waals surface area contributed by atoms with Crippen molar-refractivity contribution in [3.63, 3.8) is 0 Å². The Morgan fingerprint density at radius 3 is 2.90 bits per heavy atom. The van der Waals surface area contributed by atoms with E-state index in [-0.39, 0.29) is 23.1 Å². The quantitative estimate of drug-likeness (QED) is 0.860. The van der Waals surface area contributed by atoms with E-state index in [1.54, 1.807) is 6.07 Å². The molecular weight excluding hydrogens is 279 g/mol. The van der Waals surface area contributed by atoms with Crippen molar-refractivity contribution in [2.45, 2.75) is 12.3 Å². The molecule has 20 heavy (non-hydrogen) atoms. The van der Waals surface area contributed by atoms with Crippen molar-refractivity contribution in [1.82, 2.24) is 0 Å². The average molecular weight is 291 g/mol. The zero-order valence-electron chi connectivity index (χ0n) is 10.6. The number of hydrogen-bond acceptors (Lipinski definition) is 2. The van der Waals surface area contributed by atoms with Crippen LogP contribution >= 0.6 is 11.6 Å². The van der Waals surface area contributed by atoms with Gasteiger partial charge in [-0.05, 0) is 23.8 Å². The second kappa shape index (κ2) is 5.25. The predicted octanol–water partition coefficient (Wildman–Crippen LogP) is 3.77. The second-order valence-corrected chi connectivity index (χ2v) is 5.20. The van der Waals surface area contributed by atoms with E-state index in [0.717, 1.165) is 11.3 Å². The number of fused-ring (bicyclic) bond motifs is 1. The summed E-state index contributed by atoms with van der Waals surface area (Å²) in [5, 5.41) is 0.0402. The van der Waals surface area contributed by atoms with Crippen LogP contribution in [0, 0.1) is 5.82 Å². The molecule has 102 valence electrons. The first-order valence-electron chi connectivity index (χ1n) is 6.33. The van der Waals surface area contributed by atoms with Crippen LogP contribution in [-0.2, 0) is 11.2 Å². The highest BCUT2D eigenvalue weighted by Crippen LogP contribution is 2.34. The summed E-state index contributed by atoms with van der Waals surface area (Å²) in [6, 6.07) is 11.9. The van der Waals surface area contributed by atoms with Crippen LogP contribution in [0.1, 0.15) is 17.0 Å². The van der Waals surface area contributed by atoms with Gasteiger partial charge in [0, 0.05) is 12.0 Å². The molecule has 0 saturated carbocycles. The molecule has 0 bridgehead atoms. The topological polar surface area (TPSA) is 26.3 Å². The van der Waals surface area contributed by atoms with Crippen LogP contribution in [-0.4, -0.2) is 12.4 Å². The normalized spacial score (nSPS) is 16.6. The molecule has 2 nitrogen and oxygen atoms in total. The molecular formula is C16H12ClFO2. The van der Waals surface area contributed by atoms with Crippen LogP contribution in [0.5, 0.6) is 5.75 Å². The Balaban J connectivity index is 1.79. The molecule has 0 aliphatic carbocycles. The third-order valence-corrected chi connectivity index (χ3v) is 3.74. The maximum absolute atomic E-state index is 13.1. The van der Waals surface area contributed by atoms with Crippen LogP contribution < -0.4 is 4.74 Å². The van der Waals surface area contributed by atoms with E-state index in [1.165, 1.54) is 12.1 Å². The second-order valence-electron chi connectivity index (χ2n) is 4.79. The molecule has 0 aromatic heterocycles. The molecule has 4 heteroatoms. The highest BCUT2D eigenvalue weighted by Gasteiger charge is 2.29. The molecule has 0 N–H and O–H groups in total. The lowest BCUT2D eigenvalue weighted by Crippen LogP contribution is -2.16. The fraction of sp³-hybridized carbons (Fsp3) is 0.188. The number of halogens is 2. The largest absolute Gasteiger partial charge is 0.492 e. The van der Waals surface area contributed by atoms with E-state index in [1.807, 2.05) is 24.3 Å². The van der Waals surface area contributed by atoms with Gasteiger partial charge in [-0.25, -0.2) is 4.39 Å². The molecule has 0 radical (unpaired) electrons. The highest BCUT2D eigenvalue weighted by molar-refractivity contribution is 6.30. The lowest BCUT2D eigenvalue weighted by molar-refractivity contribution is -0.120. The number of carbonyl (C=O) groups excluding carboxylic acids is 1. The molecule has 2 aromatic carbocycles. The summed E-state index contributed by atoms with van der Waals surface area (Å²) in [5.41, 5.74) is 1.64. The minimum Gasteiger partial charge on any atom is -0.492 e. The minimum atomic E-state index is -0.475. The molecule has 1 atom stereocenters. The van der Waals surface area contributed by atoms with E-state index in [2.05, 4.69) is 0 Å². The fourth-order valence-electron chi connectivity index (χ4n) is 2.40. The van der Waals surface area contributed by atoms with Gasteiger partial charge in [0.25, 0.3) is 0 Å². The lowest BCUT2D eigenvalue weighted by atomic mass is 9.93. The molecule has 1 unspecified atom stereocenters. The van der Waals surface area contributed by atoms with Gasteiger partial charge in [0.2, 0.25) is 0 Å². The zero-order valence-corrected chi connectivity index (χ0v) is 11.4. The fourth-order valence-corrected chi connectivity index (χ4v) is 2.61. The predicted molar refractivity (Wildman–Crippen MR) is 74.8 cm³/mol. The van der Waals surface area contributed by atoms with E-state index in [0.29, 0.717) is 12.2 Å². The molecule has 0 saturated heterocycles. The monoisotopic (exact) mass is 290 g/mol. The Kier molecular flexibility index (Phi) is 3.45. The van der Waals surface area contributed by atoms with E-state index in [4.69, 9.17) is 16.3 Å². The van der Waals surface area contributed by atoms with E-state index < -0.39 is 5.82 Å². The summed E-state index contributed by atoms with van der Waals surface area (Å²) in [7, 11) is 0. The molecule has 0 spiro atoms. The molecule has 2 aromatic rings. The average Bonchev–Trinajstić information content (AvgIpc) is 2.87. The van der Waals surface area contributed by atoms with E-state index >= 15 is 0 Å². The molecule has 3 rings (SSSR count). The number of carbonyl (C=O) groups is 1. The first-order chi connectivity index (χ1) is 9.65. The molecule has 1 aliphatic rings. The summed E-state index contributed by atoms with van der Waals surface area (Å²) >= 11 is 5.73. The molecule has 0 fully saturated rings. The van der Waals surface area contributed by atoms with Gasteiger partial charge in [0.15, 0.2) is 0 Å². The lowest BCUT2D eigenvalue weighted by Gasteiger charge is -2.08. The highest BCUT2D eigenvalue weighted by atomic mass is 35.5. The van der Waals surface area contributed by atoms with Crippen molar-refractivity contribution in [2.24, 2.45) is 0 Å². The molecule has 0 amide bonds. The van der Waals surface area contributed by atoms with Crippen molar-refractivity contribution >= 4 is 17.4 Å². The van der Waals surface area contributed by atoms with Gasteiger partial charge in [-0.2, -0.15) is 0 Å². The van der Waals surface area contributed by atoms with Crippen LogP contribution in [0.15, 0.2) is 42.5 Å². The van der Waals surface area contributed by atoms with Crippen LogP contribution in [0.25, 0.3) is 0 Å². The Morgan fingerprint density at radius 2 is 2.10 bits per heavy atom. The van der Waals surface area contributed by atoms with Crippen molar-refractivity contribution in [3.8, 4) is 5.75 Å². The SMILES string of the molecule is O=C(Cc1ccc(F)c(Cl)c1)C1COc2ccccc21. The first-order valence-corrected chi connectivity index (χ1v) is 6.71. The number of Topliss-reactive ketones (excluding diaryl/α,β-unsaturated/α-hetero) is 1. The Hall–Kier alpha value is -1.87. The first kappa shape index (κ1) is 13.1. The summed E-state index contributed by atoms with van der Waals surface area (Å²) in [6.45, 7) is 0.368. The third-order valence-electron chi connectivity index (χ3n) is 3.45. The van der Waals surface area contributed by atoms with Gasteiger partial charge in [-0.3, -0.25) is 4.79 Å². The maximum Gasteiger partial charge on any atom is 0.148 e. The standard InChI is InChI=1S/C16H12ClFO2/c17-13-7-10(5-6-14(13)18)8-15(19)12-9-20-16-4-2-1-3-11(12)16/h1-7,12H,8-9H2. The number of ketones is 1. The van der Waals surface area contributed by atoms with Crippen LogP contribution in [0.4, 0.5) is 4.39 Å². The molecule has 1 heterocycles. The Morgan fingerprint density at radius 1 is 1.30 bits per heavy atom. The summed E-state index contributed by atoms with van der Waals surface area (Å²) in [4.78, 5) is 12.4. The number of benzene rings is 2. The minimum absolute atomic E-state index is 0.0402. The summed E-state index contributed by atoms with van der Waals surface area (Å²) in [6.07, 6.45) is 0.225.